The third kappa shape index (κ3) is 5.32. The van der Waals surface area contributed by atoms with Gasteiger partial charge in [0, 0.05) is 24.9 Å². The molecule has 0 aromatic carbocycles. The standard InChI is InChI=1S/C17H25N3O3/c18-14(10-13-6-2-5-9-19-13)16(23)20-12-17(11-15(21)22)7-3-1-4-8-17/h2,5-6,9,14H,1,3-4,7-8,10-12,18H2,(H,20,23)(H,21,22)/t14-/m1/s1. The van der Waals surface area contributed by atoms with Crippen molar-refractivity contribution in [1.29, 1.82) is 0 Å². The summed E-state index contributed by atoms with van der Waals surface area (Å²) in [7, 11) is 0. The maximum atomic E-state index is 12.2. The number of hydrogen-bond acceptors (Lipinski definition) is 4. The van der Waals surface area contributed by atoms with E-state index >= 15 is 0 Å². The molecule has 0 unspecified atom stereocenters. The van der Waals surface area contributed by atoms with E-state index in [0.717, 1.165) is 37.8 Å². The lowest BCUT2D eigenvalue weighted by atomic mass is 9.71. The Kier molecular flexibility index (Phi) is 6.10. The van der Waals surface area contributed by atoms with Gasteiger partial charge in [-0.15, -0.1) is 0 Å². The first-order valence-corrected chi connectivity index (χ1v) is 8.16. The predicted molar refractivity (Wildman–Crippen MR) is 86.7 cm³/mol. The smallest absolute Gasteiger partial charge is 0.303 e. The molecule has 1 aromatic rings. The normalized spacial score (nSPS) is 18.1. The van der Waals surface area contributed by atoms with Crippen LogP contribution in [-0.2, 0) is 16.0 Å². The average Bonchev–Trinajstić information content (AvgIpc) is 2.54. The van der Waals surface area contributed by atoms with Crippen molar-refractivity contribution < 1.29 is 14.7 Å². The van der Waals surface area contributed by atoms with Gasteiger partial charge in [-0.2, -0.15) is 0 Å². The van der Waals surface area contributed by atoms with E-state index in [1.54, 1.807) is 6.20 Å². The minimum absolute atomic E-state index is 0.1000. The number of carbonyl (C=O) groups is 2. The highest BCUT2D eigenvalue weighted by molar-refractivity contribution is 5.81. The topological polar surface area (TPSA) is 105 Å². The van der Waals surface area contributed by atoms with E-state index < -0.39 is 12.0 Å². The Labute approximate surface area is 136 Å². The van der Waals surface area contributed by atoms with Crippen molar-refractivity contribution in [3.05, 3.63) is 30.1 Å². The van der Waals surface area contributed by atoms with Gasteiger partial charge in [0.25, 0.3) is 0 Å². The molecule has 4 N–H and O–H groups in total. The summed E-state index contributed by atoms with van der Waals surface area (Å²) in [6.07, 6.45) is 7.00. The van der Waals surface area contributed by atoms with Crippen molar-refractivity contribution in [2.24, 2.45) is 11.1 Å². The van der Waals surface area contributed by atoms with Crippen LogP contribution in [0.2, 0.25) is 0 Å². The summed E-state index contributed by atoms with van der Waals surface area (Å²) in [5.41, 5.74) is 6.38. The zero-order valence-corrected chi connectivity index (χ0v) is 13.3. The van der Waals surface area contributed by atoms with Crippen molar-refractivity contribution in [2.75, 3.05) is 6.54 Å². The van der Waals surface area contributed by atoms with Gasteiger partial charge in [0.15, 0.2) is 0 Å². The molecule has 1 fully saturated rings. The summed E-state index contributed by atoms with van der Waals surface area (Å²) in [4.78, 5) is 27.5. The average molecular weight is 319 g/mol. The Balaban J connectivity index is 1.89. The number of aromatic nitrogens is 1. The van der Waals surface area contributed by atoms with E-state index in [2.05, 4.69) is 10.3 Å². The quantitative estimate of drug-likeness (QED) is 0.706. The molecule has 1 aliphatic carbocycles. The fraction of sp³-hybridized carbons (Fsp3) is 0.588. The molecule has 2 rings (SSSR count). The summed E-state index contributed by atoms with van der Waals surface area (Å²) < 4.78 is 0. The Bertz CT molecular complexity index is 527. The summed E-state index contributed by atoms with van der Waals surface area (Å²) in [5.74, 6) is -1.05. The molecular formula is C17H25N3O3. The van der Waals surface area contributed by atoms with Crippen molar-refractivity contribution in [1.82, 2.24) is 10.3 Å². The number of carboxylic acids is 1. The van der Waals surface area contributed by atoms with Gasteiger partial charge < -0.3 is 16.2 Å². The number of nitrogens with zero attached hydrogens (tertiary/aromatic N) is 1. The van der Waals surface area contributed by atoms with Crippen LogP contribution in [0.4, 0.5) is 0 Å². The maximum absolute atomic E-state index is 12.2. The van der Waals surface area contributed by atoms with Crippen LogP contribution >= 0.6 is 0 Å². The summed E-state index contributed by atoms with van der Waals surface area (Å²) in [5, 5.41) is 12.0. The second-order valence-electron chi connectivity index (χ2n) is 6.48. The molecule has 0 aliphatic heterocycles. The molecule has 1 atom stereocenters. The van der Waals surface area contributed by atoms with Crippen molar-refractivity contribution in [3.63, 3.8) is 0 Å². The molecule has 126 valence electrons. The van der Waals surface area contributed by atoms with Crippen LogP contribution in [0.15, 0.2) is 24.4 Å². The zero-order chi connectivity index (χ0) is 16.7. The SMILES string of the molecule is N[C@H](Cc1ccccn1)C(=O)NCC1(CC(=O)O)CCCCC1. The van der Waals surface area contributed by atoms with Crippen molar-refractivity contribution in [3.8, 4) is 0 Å². The lowest BCUT2D eigenvalue weighted by molar-refractivity contribution is -0.140. The zero-order valence-electron chi connectivity index (χ0n) is 13.3. The number of nitrogens with two attached hydrogens (primary N) is 1. The van der Waals surface area contributed by atoms with Crippen LogP contribution in [0.1, 0.15) is 44.2 Å². The minimum Gasteiger partial charge on any atom is -0.481 e. The monoisotopic (exact) mass is 319 g/mol. The first-order chi connectivity index (χ1) is 11.0. The van der Waals surface area contributed by atoms with Crippen molar-refractivity contribution >= 4 is 11.9 Å². The molecule has 6 nitrogen and oxygen atoms in total. The Morgan fingerprint density at radius 1 is 1.30 bits per heavy atom. The molecular weight excluding hydrogens is 294 g/mol. The largest absolute Gasteiger partial charge is 0.481 e. The van der Waals surface area contributed by atoms with E-state index in [1.807, 2.05) is 18.2 Å². The van der Waals surface area contributed by atoms with E-state index in [0.29, 0.717) is 13.0 Å². The molecule has 0 spiro atoms. The van der Waals surface area contributed by atoms with Gasteiger partial charge in [0.05, 0.1) is 12.5 Å². The van der Waals surface area contributed by atoms with Crippen LogP contribution in [0.5, 0.6) is 0 Å². The predicted octanol–water partition coefficient (Wildman–Crippen LogP) is 1.49. The van der Waals surface area contributed by atoms with Crippen LogP contribution in [0.3, 0.4) is 0 Å². The van der Waals surface area contributed by atoms with Gasteiger partial charge in [-0.05, 0) is 30.4 Å². The molecule has 0 radical (unpaired) electrons. The van der Waals surface area contributed by atoms with Gasteiger partial charge in [0.1, 0.15) is 0 Å². The molecule has 1 saturated carbocycles. The Morgan fingerprint density at radius 2 is 2.04 bits per heavy atom. The van der Waals surface area contributed by atoms with E-state index in [9.17, 15) is 9.59 Å². The molecule has 0 bridgehead atoms. The number of pyridine rings is 1. The highest BCUT2D eigenvalue weighted by Gasteiger charge is 2.35. The van der Waals surface area contributed by atoms with Gasteiger partial charge in [-0.1, -0.05) is 25.3 Å². The first-order valence-electron chi connectivity index (χ1n) is 8.16. The number of hydrogen-bond donors (Lipinski definition) is 3. The van der Waals surface area contributed by atoms with Crippen molar-refractivity contribution in [2.45, 2.75) is 51.0 Å². The lowest BCUT2D eigenvalue weighted by Crippen LogP contribution is -2.47. The number of carboxylic acid groups (broad SMARTS) is 1. The lowest BCUT2D eigenvalue weighted by Gasteiger charge is -2.36. The van der Waals surface area contributed by atoms with Gasteiger partial charge in [0.2, 0.25) is 5.91 Å². The highest BCUT2D eigenvalue weighted by atomic mass is 16.4. The minimum atomic E-state index is -0.807. The highest BCUT2D eigenvalue weighted by Crippen LogP contribution is 2.38. The summed E-state index contributed by atoms with van der Waals surface area (Å²) in [6, 6.07) is 4.83. The Morgan fingerprint density at radius 3 is 2.65 bits per heavy atom. The van der Waals surface area contributed by atoms with E-state index in [1.165, 1.54) is 0 Å². The Hall–Kier alpha value is -1.95. The van der Waals surface area contributed by atoms with Gasteiger partial charge >= 0.3 is 5.97 Å². The third-order valence-corrected chi connectivity index (χ3v) is 4.57. The second kappa shape index (κ2) is 8.06. The number of rotatable bonds is 7. The number of amides is 1. The fourth-order valence-corrected chi connectivity index (χ4v) is 3.28. The third-order valence-electron chi connectivity index (χ3n) is 4.57. The molecule has 0 saturated heterocycles. The maximum Gasteiger partial charge on any atom is 0.303 e. The molecule has 1 aliphatic rings. The number of nitrogens with one attached hydrogen (secondary N) is 1. The molecule has 1 aromatic heterocycles. The molecule has 23 heavy (non-hydrogen) atoms. The van der Waals surface area contributed by atoms with Crippen LogP contribution in [-0.4, -0.2) is 34.6 Å². The van der Waals surface area contributed by atoms with E-state index in [-0.39, 0.29) is 17.7 Å². The molecule has 1 heterocycles. The molecule has 6 heteroatoms. The van der Waals surface area contributed by atoms with Gasteiger partial charge in [-0.25, -0.2) is 0 Å². The second-order valence-corrected chi connectivity index (χ2v) is 6.48. The fourth-order valence-electron chi connectivity index (χ4n) is 3.28. The first kappa shape index (κ1) is 17.4. The number of carbonyl (C=O) groups excluding carboxylic acids is 1. The summed E-state index contributed by atoms with van der Waals surface area (Å²) >= 11 is 0. The summed E-state index contributed by atoms with van der Waals surface area (Å²) in [6.45, 7) is 0.383. The van der Waals surface area contributed by atoms with Crippen LogP contribution in [0.25, 0.3) is 0 Å². The van der Waals surface area contributed by atoms with E-state index in [4.69, 9.17) is 10.8 Å². The number of aliphatic carboxylic acids is 1. The molecule has 1 amide bonds. The van der Waals surface area contributed by atoms with Crippen LogP contribution in [0, 0.1) is 5.41 Å². The van der Waals surface area contributed by atoms with Gasteiger partial charge in [-0.3, -0.25) is 14.6 Å². The van der Waals surface area contributed by atoms with Crippen LogP contribution < -0.4 is 11.1 Å².